The minimum absolute atomic E-state index is 0.158. The molecule has 0 aliphatic rings. The average molecular weight is 402 g/mol. The number of anilines is 1. The van der Waals surface area contributed by atoms with E-state index in [1.165, 1.54) is 0 Å². The van der Waals surface area contributed by atoms with Crippen LogP contribution in [0.1, 0.15) is 0 Å². The highest BCUT2D eigenvalue weighted by atomic mass is 80.0. The lowest BCUT2D eigenvalue weighted by Gasteiger charge is -2.12. The molecule has 0 aliphatic heterocycles. The topological polar surface area (TPSA) is 38.3 Å². The number of alkyl halides is 3. The van der Waals surface area contributed by atoms with Crippen molar-refractivity contribution in [1.82, 2.24) is 0 Å². The van der Waals surface area contributed by atoms with Crippen LogP contribution in [0.5, 0.6) is 0 Å². The Morgan fingerprint density at radius 2 is 1.87 bits per heavy atom. The van der Waals surface area contributed by atoms with Gasteiger partial charge in [0, 0.05) is 5.69 Å². The lowest BCUT2D eigenvalue weighted by molar-refractivity contribution is 0.166. The molecule has 0 atom stereocenters. The van der Waals surface area contributed by atoms with Crippen molar-refractivity contribution in [3.63, 3.8) is 0 Å². The van der Waals surface area contributed by atoms with Crippen molar-refractivity contribution in [2.75, 3.05) is 11.9 Å². The monoisotopic (exact) mass is 399 g/mol. The highest BCUT2D eigenvalue weighted by Crippen LogP contribution is 2.33. The fourth-order valence-electron chi connectivity index (χ4n) is 0.823. The maximum absolute atomic E-state index is 11.3. The summed E-state index contributed by atoms with van der Waals surface area (Å²) in [5.74, 6) is 0. The van der Waals surface area contributed by atoms with Gasteiger partial charge in [0.15, 0.2) is 2.14 Å². The maximum atomic E-state index is 11.3. The van der Waals surface area contributed by atoms with Gasteiger partial charge in [0.25, 0.3) is 0 Å². The number of ether oxygens (including phenoxy) is 1. The molecule has 0 fully saturated rings. The molecule has 0 radical (unpaired) electrons. The summed E-state index contributed by atoms with van der Waals surface area (Å²) in [6.45, 7) is 0.158. The first-order valence-corrected chi connectivity index (χ1v) is 6.41. The van der Waals surface area contributed by atoms with Crippen LogP contribution in [0.25, 0.3) is 0 Å². The van der Waals surface area contributed by atoms with Gasteiger partial charge in [-0.05, 0) is 12.1 Å². The Balaban J connectivity index is 2.38. The lowest BCUT2D eigenvalue weighted by atomic mass is 10.3. The second kappa shape index (κ2) is 5.86. The average Bonchev–Trinajstić information content (AvgIpc) is 2.15. The van der Waals surface area contributed by atoms with Crippen molar-refractivity contribution >= 4 is 59.6 Å². The molecule has 0 bridgehead atoms. The highest BCUT2D eigenvalue weighted by molar-refractivity contribution is 9.39. The van der Waals surface area contributed by atoms with Gasteiger partial charge >= 0.3 is 6.09 Å². The molecule has 0 unspecified atom stereocenters. The van der Waals surface area contributed by atoms with Crippen LogP contribution in [0.3, 0.4) is 0 Å². The Kier molecular flexibility index (Phi) is 5.08. The number of amides is 1. The van der Waals surface area contributed by atoms with Crippen molar-refractivity contribution < 1.29 is 9.53 Å². The van der Waals surface area contributed by atoms with Gasteiger partial charge < -0.3 is 4.74 Å². The Labute approximate surface area is 113 Å². The summed E-state index contributed by atoms with van der Waals surface area (Å²) in [6.07, 6.45) is -0.496. The number of carbonyl (C=O) groups is 1. The second-order valence-corrected chi connectivity index (χ2v) is 9.94. The van der Waals surface area contributed by atoms with E-state index >= 15 is 0 Å². The number of carbonyl (C=O) groups excluding carboxylic acids is 1. The molecule has 0 aliphatic carbocycles. The van der Waals surface area contributed by atoms with Crippen molar-refractivity contribution in [1.29, 1.82) is 0 Å². The standard InChI is InChI=1S/C9H8Br3NO2/c10-9(11,12)6-15-8(14)13-7-4-2-1-3-5-7/h1-5H,6H2,(H,13,14). The summed E-state index contributed by atoms with van der Waals surface area (Å²) in [4.78, 5) is 11.3. The number of halogens is 3. The van der Waals surface area contributed by atoms with Gasteiger partial charge in [-0.1, -0.05) is 66.0 Å². The van der Waals surface area contributed by atoms with Crippen LogP contribution in [0, 0.1) is 0 Å². The zero-order chi connectivity index (χ0) is 11.3. The van der Waals surface area contributed by atoms with E-state index in [0.29, 0.717) is 5.69 Å². The molecule has 0 heterocycles. The van der Waals surface area contributed by atoms with Crippen molar-refractivity contribution in [3.8, 4) is 0 Å². The first-order valence-electron chi connectivity index (χ1n) is 4.03. The SMILES string of the molecule is O=C(Nc1ccccc1)OCC(Br)(Br)Br. The van der Waals surface area contributed by atoms with E-state index in [1.807, 2.05) is 18.2 Å². The number of rotatable bonds is 2. The summed E-state index contributed by atoms with van der Waals surface area (Å²) >= 11 is 9.66. The zero-order valence-corrected chi connectivity index (χ0v) is 12.3. The van der Waals surface area contributed by atoms with E-state index in [9.17, 15) is 4.79 Å². The lowest BCUT2D eigenvalue weighted by Crippen LogP contribution is -2.20. The van der Waals surface area contributed by atoms with Gasteiger partial charge in [0.2, 0.25) is 0 Å². The number of benzene rings is 1. The number of hydrogen-bond acceptors (Lipinski definition) is 2. The molecular formula is C9H8Br3NO2. The smallest absolute Gasteiger partial charge is 0.411 e. The van der Waals surface area contributed by atoms with E-state index in [1.54, 1.807) is 12.1 Å². The minimum Gasteiger partial charge on any atom is -0.446 e. The molecule has 1 aromatic carbocycles. The van der Waals surface area contributed by atoms with Crippen LogP contribution >= 0.6 is 47.8 Å². The molecule has 1 aromatic rings. The number of nitrogens with one attached hydrogen (secondary N) is 1. The van der Waals surface area contributed by atoms with E-state index < -0.39 is 8.24 Å². The Hall–Kier alpha value is -0.0700. The van der Waals surface area contributed by atoms with E-state index in [2.05, 4.69) is 53.1 Å². The predicted molar refractivity (Wildman–Crippen MR) is 70.9 cm³/mol. The van der Waals surface area contributed by atoms with Gasteiger partial charge in [0.05, 0.1) is 0 Å². The summed E-state index contributed by atoms with van der Waals surface area (Å²) in [5.41, 5.74) is 0.701. The van der Waals surface area contributed by atoms with Gasteiger partial charge in [-0.3, -0.25) is 5.32 Å². The summed E-state index contributed by atoms with van der Waals surface area (Å²) < 4.78 is 4.35. The molecule has 1 amide bonds. The van der Waals surface area contributed by atoms with Crippen LogP contribution in [-0.4, -0.2) is 14.8 Å². The van der Waals surface area contributed by atoms with Crippen molar-refractivity contribution in [3.05, 3.63) is 30.3 Å². The highest BCUT2D eigenvalue weighted by Gasteiger charge is 2.20. The first kappa shape index (κ1) is 13.0. The summed E-state index contributed by atoms with van der Waals surface area (Å²) in [5, 5.41) is 2.59. The maximum Gasteiger partial charge on any atom is 0.411 e. The van der Waals surface area contributed by atoms with Crippen LogP contribution in [-0.2, 0) is 4.74 Å². The molecule has 1 N–H and O–H groups in total. The summed E-state index contributed by atoms with van der Waals surface area (Å²) in [7, 11) is 0. The van der Waals surface area contributed by atoms with Crippen LogP contribution in [0.2, 0.25) is 0 Å². The first-order chi connectivity index (χ1) is 6.97. The Morgan fingerprint density at radius 3 is 2.40 bits per heavy atom. The second-order valence-electron chi connectivity index (χ2n) is 2.68. The van der Waals surface area contributed by atoms with Crippen LogP contribution in [0.15, 0.2) is 30.3 Å². The molecule has 3 nitrogen and oxygen atoms in total. The molecular weight excluding hydrogens is 394 g/mol. The van der Waals surface area contributed by atoms with Crippen LogP contribution in [0.4, 0.5) is 10.5 Å². The molecule has 82 valence electrons. The van der Waals surface area contributed by atoms with Gasteiger partial charge in [0.1, 0.15) is 6.61 Å². The number of hydrogen-bond donors (Lipinski definition) is 1. The van der Waals surface area contributed by atoms with Gasteiger partial charge in [-0.15, -0.1) is 0 Å². The van der Waals surface area contributed by atoms with E-state index in [4.69, 9.17) is 4.74 Å². The van der Waals surface area contributed by atoms with Gasteiger partial charge in [-0.2, -0.15) is 0 Å². The Bertz CT molecular complexity index is 324. The molecule has 0 aromatic heterocycles. The molecule has 6 heteroatoms. The third kappa shape index (κ3) is 6.17. The van der Waals surface area contributed by atoms with E-state index in [-0.39, 0.29) is 6.61 Å². The quantitative estimate of drug-likeness (QED) is 0.758. The fourth-order valence-corrected chi connectivity index (χ4v) is 1.17. The number of para-hydroxylation sites is 1. The normalized spacial score (nSPS) is 10.9. The van der Waals surface area contributed by atoms with Crippen molar-refractivity contribution in [2.45, 2.75) is 2.14 Å². The summed E-state index contributed by atoms with van der Waals surface area (Å²) in [6, 6.07) is 9.10. The molecule has 0 spiro atoms. The third-order valence-electron chi connectivity index (χ3n) is 1.39. The molecule has 0 saturated carbocycles. The van der Waals surface area contributed by atoms with E-state index in [0.717, 1.165) is 0 Å². The molecule has 0 saturated heterocycles. The fraction of sp³-hybridized carbons (Fsp3) is 0.222. The van der Waals surface area contributed by atoms with Crippen molar-refractivity contribution in [2.24, 2.45) is 0 Å². The zero-order valence-electron chi connectivity index (χ0n) is 7.54. The minimum atomic E-state index is -0.568. The molecule has 15 heavy (non-hydrogen) atoms. The largest absolute Gasteiger partial charge is 0.446 e. The predicted octanol–water partition coefficient (Wildman–Crippen LogP) is 4.07. The molecule has 1 rings (SSSR count). The van der Waals surface area contributed by atoms with Gasteiger partial charge in [-0.25, -0.2) is 4.79 Å². The Morgan fingerprint density at radius 1 is 1.27 bits per heavy atom. The van der Waals surface area contributed by atoms with Crippen LogP contribution < -0.4 is 5.32 Å². The third-order valence-corrected chi connectivity index (χ3v) is 2.07.